The van der Waals surface area contributed by atoms with Gasteiger partial charge in [0, 0.05) is 63.5 Å². The molecule has 1 atom stereocenters. The van der Waals surface area contributed by atoms with E-state index < -0.39 is 6.10 Å². The number of anilines is 1. The van der Waals surface area contributed by atoms with Crippen molar-refractivity contribution in [2.45, 2.75) is 58.2 Å². The van der Waals surface area contributed by atoms with Crippen LogP contribution in [0.3, 0.4) is 0 Å². The Balaban J connectivity index is 1.21. The molecule has 0 saturated carbocycles. The SMILES string of the molecule is CC(C)CC(=O)N1CCC(Nc2cc(C(=N)NC[C@H](O)CN3CCc4ccccc4C3)ccn2)CC1. The maximum Gasteiger partial charge on any atom is 0.222 e. The third kappa shape index (κ3) is 7.27. The van der Waals surface area contributed by atoms with Crippen LogP contribution in [0.15, 0.2) is 42.6 Å². The molecule has 0 unspecified atom stereocenters. The molecular weight excluding hydrogens is 452 g/mol. The number of amidine groups is 1. The van der Waals surface area contributed by atoms with E-state index in [2.05, 4.69) is 58.6 Å². The number of piperidine rings is 1. The number of fused-ring (bicyclic) bond motifs is 1. The van der Waals surface area contributed by atoms with E-state index in [9.17, 15) is 9.90 Å². The van der Waals surface area contributed by atoms with Gasteiger partial charge in [-0.15, -0.1) is 0 Å². The van der Waals surface area contributed by atoms with Crippen LogP contribution < -0.4 is 10.6 Å². The number of benzene rings is 1. The molecule has 2 aliphatic heterocycles. The summed E-state index contributed by atoms with van der Waals surface area (Å²) >= 11 is 0. The summed E-state index contributed by atoms with van der Waals surface area (Å²) in [6.07, 6.45) is 4.54. The average molecular weight is 493 g/mol. The molecule has 1 fully saturated rings. The molecule has 3 heterocycles. The van der Waals surface area contributed by atoms with Crippen molar-refractivity contribution in [1.29, 1.82) is 5.41 Å². The summed E-state index contributed by atoms with van der Waals surface area (Å²) in [5.41, 5.74) is 3.47. The number of aromatic nitrogens is 1. The van der Waals surface area contributed by atoms with E-state index in [-0.39, 0.29) is 17.8 Å². The molecule has 0 radical (unpaired) electrons. The Morgan fingerprint density at radius 1 is 1.17 bits per heavy atom. The highest BCUT2D eigenvalue weighted by atomic mass is 16.3. The van der Waals surface area contributed by atoms with E-state index in [1.165, 1.54) is 11.1 Å². The summed E-state index contributed by atoms with van der Waals surface area (Å²) in [6, 6.07) is 12.4. The molecule has 2 aromatic rings. The van der Waals surface area contributed by atoms with Crippen LogP contribution in [0.25, 0.3) is 0 Å². The van der Waals surface area contributed by atoms with Crippen molar-refractivity contribution in [3.8, 4) is 0 Å². The number of nitrogens with one attached hydrogen (secondary N) is 3. The summed E-state index contributed by atoms with van der Waals surface area (Å²) in [5.74, 6) is 1.64. The molecule has 2 aliphatic rings. The zero-order valence-electron chi connectivity index (χ0n) is 21.5. The van der Waals surface area contributed by atoms with Gasteiger partial charge in [0.25, 0.3) is 0 Å². The lowest BCUT2D eigenvalue weighted by Gasteiger charge is -2.33. The highest BCUT2D eigenvalue weighted by Gasteiger charge is 2.23. The van der Waals surface area contributed by atoms with Crippen LogP contribution in [-0.4, -0.2) is 76.5 Å². The van der Waals surface area contributed by atoms with Crippen LogP contribution in [0.1, 0.15) is 49.8 Å². The number of likely N-dealkylation sites (tertiary alicyclic amines) is 1. The first-order valence-corrected chi connectivity index (χ1v) is 13.2. The van der Waals surface area contributed by atoms with Gasteiger partial charge in [0.15, 0.2) is 0 Å². The minimum absolute atomic E-state index is 0.246. The second kappa shape index (κ2) is 12.3. The Labute approximate surface area is 214 Å². The number of carbonyl (C=O) groups is 1. The van der Waals surface area contributed by atoms with Crippen LogP contribution in [0.5, 0.6) is 0 Å². The first-order valence-electron chi connectivity index (χ1n) is 13.2. The predicted octanol–water partition coefficient (Wildman–Crippen LogP) is 2.86. The van der Waals surface area contributed by atoms with Gasteiger partial charge in [-0.25, -0.2) is 4.98 Å². The molecule has 0 aliphatic carbocycles. The van der Waals surface area contributed by atoms with Crippen molar-refractivity contribution in [1.82, 2.24) is 20.1 Å². The fourth-order valence-corrected chi connectivity index (χ4v) is 5.02. The van der Waals surface area contributed by atoms with Crippen LogP contribution in [0.4, 0.5) is 5.82 Å². The molecule has 4 N–H and O–H groups in total. The summed E-state index contributed by atoms with van der Waals surface area (Å²) in [4.78, 5) is 21.0. The number of aliphatic hydroxyl groups is 1. The van der Waals surface area contributed by atoms with Crippen molar-refractivity contribution < 1.29 is 9.90 Å². The summed E-state index contributed by atoms with van der Waals surface area (Å²) in [6.45, 7) is 8.38. The van der Waals surface area contributed by atoms with Gasteiger partial charge >= 0.3 is 0 Å². The molecule has 1 aromatic carbocycles. The van der Waals surface area contributed by atoms with Gasteiger partial charge in [0.2, 0.25) is 5.91 Å². The lowest BCUT2D eigenvalue weighted by Crippen LogP contribution is -2.42. The van der Waals surface area contributed by atoms with Crippen LogP contribution in [-0.2, 0) is 17.8 Å². The average Bonchev–Trinajstić information content (AvgIpc) is 2.87. The van der Waals surface area contributed by atoms with Crippen molar-refractivity contribution in [3.63, 3.8) is 0 Å². The zero-order valence-corrected chi connectivity index (χ0v) is 21.5. The van der Waals surface area contributed by atoms with Crippen molar-refractivity contribution in [3.05, 3.63) is 59.3 Å². The molecule has 4 rings (SSSR count). The summed E-state index contributed by atoms with van der Waals surface area (Å²) in [5, 5.41) is 25.6. The molecule has 8 nitrogen and oxygen atoms in total. The van der Waals surface area contributed by atoms with E-state index >= 15 is 0 Å². The van der Waals surface area contributed by atoms with Crippen LogP contribution in [0, 0.1) is 11.3 Å². The molecule has 0 spiro atoms. The van der Waals surface area contributed by atoms with E-state index in [1.54, 1.807) is 6.20 Å². The topological polar surface area (TPSA) is 105 Å². The normalized spacial score (nSPS) is 17.5. The fourth-order valence-electron chi connectivity index (χ4n) is 5.02. The van der Waals surface area contributed by atoms with Crippen molar-refractivity contribution in [2.75, 3.05) is 38.0 Å². The maximum absolute atomic E-state index is 12.3. The van der Waals surface area contributed by atoms with Crippen LogP contribution in [0.2, 0.25) is 0 Å². The summed E-state index contributed by atoms with van der Waals surface area (Å²) < 4.78 is 0. The van der Waals surface area contributed by atoms with Gasteiger partial charge < -0.3 is 20.6 Å². The van der Waals surface area contributed by atoms with E-state index in [1.807, 2.05) is 17.0 Å². The van der Waals surface area contributed by atoms with Gasteiger partial charge in [0.1, 0.15) is 11.7 Å². The highest BCUT2D eigenvalue weighted by Crippen LogP contribution is 2.19. The largest absolute Gasteiger partial charge is 0.390 e. The Kier molecular flexibility index (Phi) is 8.93. The fraction of sp³-hybridized carbons (Fsp3) is 0.536. The molecular formula is C28H40N6O2. The lowest BCUT2D eigenvalue weighted by molar-refractivity contribution is -0.132. The third-order valence-electron chi connectivity index (χ3n) is 7.02. The monoisotopic (exact) mass is 492 g/mol. The smallest absolute Gasteiger partial charge is 0.222 e. The number of pyridine rings is 1. The van der Waals surface area contributed by atoms with Gasteiger partial charge in [0.05, 0.1) is 6.10 Å². The van der Waals surface area contributed by atoms with E-state index in [4.69, 9.17) is 5.41 Å². The standard InChI is InChI=1S/C28H40N6O2/c1-20(2)15-27(36)34-13-9-24(10-14-34)32-26-16-22(7-11-30-26)28(29)31-17-25(35)19-33-12-8-21-5-3-4-6-23(21)18-33/h3-7,11,16,20,24-25,35H,8-10,12-15,17-19H2,1-2H3,(H2,29,31)(H,30,32)/t25-/m0/s1. The van der Waals surface area contributed by atoms with E-state index in [0.717, 1.165) is 56.8 Å². The Hall–Kier alpha value is -2.97. The quantitative estimate of drug-likeness (QED) is 0.317. The van der Waals surface area contributed by atoms with Gasteiger partial charge in [-0.2, -0.15) is 0 Å². The zero-order chi connectivity index (χ0) is 25.5. The van der Waals surface area contributed by atoms with Crippen LogP contribution >= 0.6 is 0 Å². The number of carbonyl (C=O) groups excluding carboxylic acids is 1. The number of β-amino-alcohol motifs (C(OH)–C–C–N with tert-alkyl or cyclic N) is 1. The first-order chi connectivity index (χ1) is 17.4. The lowest BCUT2D eigenvalue weighted by atomic mass is 10.00. The predicted molar refractivity (Wildman–Crippen MR) is 143 cm³/mol. The van der Waals surface area contributed by atoms with E-state index in [0.29, 0.717) is 25.4 Å². The number of aliphatic hydroxyl groups excluding tert-OH is 1. The Morgan fingerprint density at radius 2 is 1.92 bits per heavy atom. The molecule has 1 aromatic heterocycles. The minimum atomic E-state index is -0.557. The molecule has 194 valence electrons. The van der Waals surface area contributed by atoms with Crippen molar-refractivity contribution >= 4 is 17.6 Å². The van der Waals surface area contributed by atoms with Gasteiger partial charge in [-0.05, 0) is 48.4 Å². The Morgan fingerprint density at radius 3 is 2.67 bits per heavy atom. The van der Waals surface area contributed by atoms with Crippen molar-refractivity contribution in [2.24, 2.45) is 5.92 Å². The second-order valence-electron chi connectivity index (χ2n) is 10.5. The first kappa shape index (κ1) is 26.1. The molecule has 8 heteroatoms. The molecule has 36 heavy (non-hydrogen) atoms. The number of rotatable bonds is 9. The number of hydrogen-bond acceptors (Lipinski definition) is 6. The number of amides is 1. The Bertz CT molecular complexity index is 1030. The molecule has 1 amide bonds. The minimum Gasteiger partial charge on any atom is -0.390 e. The molecule has 1 saturated heterocycles. The number of nitrogens with zero attached hydrogens (tertiary/aromatic N) is 3. The van der Waals surface area contributed by atoms with Gasteiger partial charge in [-0.1, -0.05) is 38.1 Å². The third-order valence-corrected chi connectivity index (χ3v) is 7.02. The summed E-state index contributed by atoms with van der Waals surface area (Å²) in [7, 11) is 0. The highest BCUT2D eigenvalue weighted by molar-refractivity contribution is 5.96. The van der Waals surface area contributed by atoms with Gasteiger partial charge in [-0.3, -0.25) is 15.1 Å². The maximum atomic E-state index is 12.3. The molecule has 0 bridgehead atoms. The number of hydrogen-bond donors (Lipinski definition) is 4. The second-order valence-corrected chi connectivity index (χ2v) is 10.5.